The fraction of sp³-hybridized carbons (Fsp3) is 0.158. The third-order valence-corrected chi connectivity index (χ3v) is 5.85. The van der Waals surface area contributed by atoms with E-state index in [2.05, 4.69) is 4.72 Å². The Bertz CT molecular complexity index is 1110. The van der Waals surface area contributed by atoms with Crippen LogP contribution in [0, 0.1) is 10.1 Å². The first-order valence-electron chi connectivity index (χ1n) is 8.16. The van der Waals surface area contributed by atoms with Crippen molar-refractivity contribution >= 4 is 26.5 Å². The number of fused-ring (bicyclic) bond motifs is 1. The SMILES string of the molecule is COc1cc([N+](=O)[O-])ccc1S(=O)(=O)NC(C)c1cccc2ccccc12. The molecular formula is C19H18N2O5S. The molecule has 0 fully saturated rings. The number of ether oxygens (including phenoxy) is 1. The standard InChI is InChI=1S/C19H18N2O5S/c1-13(16-9-5-7-14-6-3-4-8-17(14)16)20-27(24,25)19-11-10-15(21(22)23)12-18(19)26-2/h3-13,20H,1-2H3. The van der Waals surface area contributed by atoms with Gasteiger partial charge in [-0.25, -0.2) is 13.1 Å². The largest absolute Gasteiger partial charge is 0.495 e. The number of nitrogens with one attached hydrogen (secondary N) is 1. The molecular weight excluding hydrogens is 368 g/mol. The van der Waals surface area contributed by atoms with Crippen molar-refractivity contribution in [2.45, 2.75) is 17.9 Å². The minimum absolute atomic E-state index is 0.0816. The number of hydrogen-bond acceptors (Lipinski definition) is 5. The predicted molar refractivity (Wildman–Crippen MR) is 102 cm³/mol. The molecule has 0 saturated heterocycles. The molecule has 140 valence electrons. The maximum Gasteiger partial charge on any atom is 0.273 e. The number of benzene rings is 3. The van der Waals surface area contributed by atoms with Gasteiger partial charge in [-0.3, -0.25) is 10.1 Å². The van der Waals surface area contributed by atoms with Gasteiger partial charge in [-0.15, -0.1) is 0 Å². The van der Waals surface area contributed by atoms with Gasteiger partial charge in [0.1, 0.15) is 10.6 Å². The van der Waals surface area contributed by atoms with Gasteiger partial charge < -0.3 is 4.74 Å². The van der Waals surface area contributed by atoms with Crippen LogP contribution in [0.25, 0.3) is 10.8 Å². The minimum Gasteiger partial charge on any atom is -0.495 e. The minimum atomic E-state index is -3.96. The molecule has 3 aromatic carbocycles. The molecule has 0 aliphatic heterocycles. The van der Waals surface area contributed by atoms with Crippen LogP contribution in [0.3, 0.4) is 0 Å². The molecule has 7 nitrogen and oxygen atoms in total. The Kier molecular flexibility index (Phi) is 5.11. The summed E-state index contributed by atoms with van der Waals surface area (Å²) in [4.78, 5) is 10.1. The highest BCUT2D eigenvalue weighted by atomic mass is 32.2. The summed E-state index contributed by atoms with van der Waals surface area (Å²) in [7, 11) is -2.69. The average Bonchev–Trinajstić information content (AvgIpc) is 2.66. The second kappa shape index (κ2) is 7.34. The Labute approximate surface area is 156 Å². The maximum atomic E-state index is 12.9. The molecule has 0 amide bonds. The smallest absolute Gasteiger partial charge is 0.273 e. The van der Waals surface area contributed by atoms with E-state index in [0.717, 1.165) is 28.5 Å². The van der Waals surface area contributed by atoms with Crippen LogP contribution in [0.2, 0.25) is 0 Å². The zero-order chi connectivity index (χ0) is 19.6. The zero-order valence-electron chi connectivity index (χ0n) is 14.7. The summed E-state index contributed by atoms with van der Waals surface area (Å²) in [5.41, 5.74) is 0.588. The molecule has 0 spiro atoms. The molecule has 0 bridgehead atoms. The van der Waals surface area contributed by atoms with E-state index in [9.17, 15) is 18.5 Å². The van der Waals surface area contributed by atoms with Crippen LogP contribution in [-0.2, 0) is 10.0 Å². The molecule has 1 N–H and O–H groups in total. The summed E-state index contributed by atoms with van der Waals surface area (Å²) < 4.78 is 33.4. The van der Waals surface area contributed by atoms with Gasteiger partial charge in [-0.05, 0) is 29.3 Å². The first-order valence-corrected chi connectivity index (χ1v) is 9.64. The topological polar surface area (TPSA) is 98.5 Å². The summed E-state index contributed by atoms with van der Waals surface area (Å²) in [6.07, 6.45) is 0. The lowest BCUT2D eigenvalue weighted by Gasteiger charge is -2.18. The van der Waals surface area contributed by atoms with Crippen molar-refractivity contribution in [3.8, 4) is 5.75 Å². The molecule has 0 heterocycles. The molecule has 3 rings (SSSR count). The summed E-state index contributed by atoms with van der Waals surface area (Å²) in [5, 5.41) is 12.9. The van der Waals surface area contributed by atoms with Gasteiger partial charge in [0.25, 0.3) is 5.69 Å². The predicted octanol–water partition coefficient (Wildman–Crippen LogP) is 3.80. The van der Waals surface area contributed by atoms with Crippen LogP contribution in [-0.4, -0.2) is 20.5 Å². The van der Waals surface area contributed by atoms with Gasteiger partial charge >= 0.3 is 0 Å². The van der Waals surface area contributed by atoms with Gasteiger partial charge in [0.15, 0.2) is 0 Å². The van der Waals surface area contributed by atoms with Crippen molar-refractivity contribution in [2.24, 2.45) is 0 Å². The van der Waals surface area contributed by atoms with Crippen LogP contribution in [0.15, 0.2) is 65.6 Å². The molecule has 8 heteroatoms. The number of nitro benzene ring substituents is 1. The highest BCUT2D eigenvalue weighted by molar-refractivity contribution is 7.89. The molecule has 0 aliphatic rings. The summed E-state index contributed by atoms with van der Waals surface area (Å²) in [6, 6.07) is 16.3. The lowest BCUT2D eigenvalue weighted by molar-refractivity contribution is -0.385. The lowest BCUT2D eigenvalue weighted by Crippen LogP contribution is -2.27. The highest BCUT2D eigenvalue weighted by Gasteiger charge is 2.25. The quantitative estimate of drug-likeness (QED) is 0.513. The van der Waals surface area contributed by atoms with E-state index in [4.69, 9.17) is 4.74 Å². The Morgan fingerprint density at radius 3 is 2.48 bits per heavy atom. The van der Waals surface area contributed by atoms with Crippen molar-refractivity contribution in [3.05, 3.63) is 76.3 Å². The molecule has 0 aromatic heterocycles. The Hall–Kier alpha value is -2.97. The number of rotatable bonds is 6. The van der Waals surface area contributed by atoms with E-state index in [1.165, 1.54) is 13.2 Å². The van der Waals surface area contributed by atoms with Gasteiger partial charge in [-0.1, -0.05) is 42.5 Å². The summed E-state index contributed by atoms with van der Waals surface area (Å²) in [6.45, 7) is 1.75. The van der Waals surface area contributed by atoms with Crippen LogP contribution in [0.4, 0.5) is 5.69 Å². The van der Waals surface area contributed by atoms with Gasteiger partial charge in [-0.2, -0.15) is 0 Å². The number of nitro groups is 1. The van der Waals surface area contributed by atoms with E-state index in [1.807, 2.05) is 42.5 Å². The van der Waals surface area contributed by atoms with Gasteiger partial charge in [0.2, 0.25) is 10.0 Å². The Morgan fingerprint density at radius 2 is 1.78 bits per heavy atom. The second-order valence-electron chi connectivity index (χ2n) is 6.00. The van der Waals surface area contributed by atoms with Crippen molar-refractivity contribution in [2.75, 3.05) is 7.11 Å². The third kappa shape index (κ3) is 3.76. The molecule has 1 unspecified atom stereocenters. The number of sulfonamides is 1. The number of hydrogen-bond donors (Lipinski definition) is 1. The Morgan fingerprint density at radius 1 is 1.07 bits per heavy atom. The first kappa shape index (κ1) is 18.8. The number of non-ortho nitro benzene ring substituents is 1. The third-order valence-electron chi connectivity index (χ3n) is 4.27. The zero-order valence-corrected chi connectivity index (χ0v) is 15.6. The normalized spacial score (nSPS) is 12.7. The van der Waals surface area contributed by atoms with Crippen LogP contribution >= 0.6 is 0 Å². The average molecular weight is 386 g/mol. The number of methoxy groups -OCH3 is 1. The molecule has 3 aromatic rings. The fourth-order valence-corrected chi connectivity index (χ4v) is 4.35. The van der Waals surface area contributed by atoms with E-state index in [1.54, 1.807) is 6.92 Å². The Balaban J connectivity index is 1.98. The van der Waals surface area contributed by atoms with E-state index < -0.39 is 21.0 Å². The van der Waals surface area contributed by atoms with Crippen LogP contribution in [0.5, 0.6) is 5.75 Å². The summed E-state index contributed by atoms with van der Waals surface area (Å²) >= 11 is 0. The van der Waals surface area contributed by atoms with Crippen molar-refractivity contribution in [1.29, 1.82) is 0 Å². The van der Waals surface area contributed by atoms with Crippen LogP contribution < -0.4 is 9.46 Å². The lowest BCUT2D eigenvalue weighted by atomic mass is 10.0. The van der Waals surface area contributed by atoms with Crippen molar-refractivity contribution < 1.29 is 18.1 Å². The molecule has 27 heavy (non-hydrogen) atoms. The monoisotopic (exact) mass is 386 g/mol. The van der Waals surface area contributed by atoms with E-state index in [0.29, 0.717) is 0 Å². The van der Waals surface area contributed by atoms with Crippen molar-refractivity contribution in [3.63, 3.8) is 0 Å². The molecule has 1 atom stereocenters. The van der Waals surface area contributed by atoms with Crippen LogP contribution in [0.1, 0.15) is 18.5 Å². The highest BCUT2D eigenvalue weighted by Crippen LogP contribution is 2.30. The maximum absolute atomic E-state index is 12.9. The molecule has 0 saturated carbocycles. The van der Waals surface area contributed by atoms with E-state index >= 15 is 0 Å². The fourth-order valence-electron chi connectivity index (χ4n) is 2.98. The van der Waals surface area contributed by atoms with Gasteiger partial charge in [0.05, 0.1) is 18.1 Å². The molecule has 0 radical (unpaired) electrons. The number of nitrogens with zero attached hydrogens (tertiary/aromatic N) is 1. The van der Waals surface area contributed by atoms with E-state index in [-0.39, 0.29) is 16.3 Å². The first-order chi connectivity index (χ1) is 12.8. The van der Waals surface area contributed by atoms with Crippen molar-refractivity contribution in [1.82, 2.24) is 4.72 Å². The molecule has 0 aliphatic carbocycles. The second-order valence-corrected chi connectivity index (χ2v) is 7.69. The summed E-state index contributed by atoms with van der Waals surface area (Å²) in [5.74, 6) is -0.0816. The van der Waals surface area contributed by atoms with Gasteiger partial charge in [0, 0.05) is 12.1 Å².